The van der Waals surface area contributed by atoms with Gasteiger partial charge >= 0.3 is 0 Å². The third-order valence-electron chi connectivity index (χ3n) is 9.79. The highest BCUT2D eigenvalue weighted by Gasteiger charge is 2.40. The number of aliphatic hydroxyl groups excluding tert-OH is 2. The standard InChI is InChI=1S/C34H42F2N8O5/c1-4-19(2)31(40-30(48)13-37-3)34(49)42-17-25(47)12-23(42)15-44-29-8-6-21(36)10-27(29)39-33(44)32-38-26-9-20(35)5-7-28(26)43(32)14-22-11-24(46)16-41(22)18-45/h5-10,18-19,22-25,31,37,46-47H,4,11-17H2,1-3H3,(H,40,48). The molecule has 2 aromatic carbocycles. The molecule has 2 aliphatic heterocycles. The minimum Gasteiger partial charge on any atom is -0.391 e. The molecule has 0 spiro atoms. The number of likely N-dealkylation sites (N-methyl/N-ethyl adjacent to an activating group) is 1. The van der Waals surface area contributed by atoms with E-state index in [0.29, 0.717) is 53.0 Å². The second-order valence-corrected chi connectivity index (χ2v) is 13.2. The number of β-amino-alcohol motifs (C(OH)–C–C–N with tert-alkyl or cyclic N) is 2. The van der Waals surface area contributed by atoms with Crippen LogP contribution < -0.4 is 10.6 Å². The van der Waals surface area contributed by atoms with Crippen LogP contribution in [0.4, 0.5) is 8.78 Å². The lowest BCUT2D eigenvalue weighted by atomic mass is 9.97. The lowest BCUT2D eigenvalue weighted by molar-refractivity contribution is -0.139. The van der Waals surface area contributed by atoms with Gasteiger partial charge in [0.2, 0.25) is 18.2 Å². The van der Waals surface area contributed by atoms with E-state index in [4.69, 9.17) is 9.97 Å². The quantitative estimate of drug-likeness (QED) is 0.165. The van der Waals surface area contributed by atoms with Crippen molar-refractivity contribution in [2.24, 2.45) is 5.92 Å². The Hall–Kier alpha value is -4.47. The summed E-state index contributed by atoms with van der Waals surface area (Å²) in [5, 5.41) is 26.8. The summed E-state index contributed by atoms with van der Waals surface area (Å²) in [5.74, 6) is -1.14. The molecule has 262 valence electrons. The first-order valence-electron chi connectivity index (χ1n) is 16.6. The zero-order chi connectivity index (χ0) is 35.0. The number of hydrogen-bond donors (Lipinski definition) is 4. The fourth-order valence-corrected chi connectivity index (χ4v) is 7.15. The number of likely N-dealkylation sites (tertiary alicyclic amines) is 2. The Balaban J connectivity index is 1.43. The summed E-state index contributed by atoms with van der Waals surface area (Å²) < 4.78 is 32.6. The molecule has 2 fully saturated rings. The maximum Gasteiger partial charge on any atom is 0.245 e. The number of nitrogens with one attached hydrogen (secondary N) is 2. The molecule has 2 aromatic heterocycles. The van der Waals surface area contributed by atoms with Crippen LogP contribution in [0.25, 0.3) is 33.7 Å². The van der Waals surface area contributed by atoms with Crippen LogP contribution in [-0.2, 0) is 27.5 Å². The van der Waals surface area contributed by atoms with Crippen LogP contribution in [0, 0.1) is 17.6 Å². The SMILES string of the molecule is CCC(C)C(NC(=O)CNC)C(=O)N1CC(O)CC1Cn1c(-c2nc3cc(F)ccc3n2CC2CC(O)CN2C=O)nc2cc(F)ccc21. The molecule has 6 atom stereocenters. The van der Waals surface area contributed by atoms with E-state index in [1.807, 2.05) is 23.0 Å². The Morgan fingerprint density at radius 3 is 2.04 bits per heavy atom. The van der Waals surface area contributed by atoms with E-state index in [0.717, 1.165) is 0 Å². The Kier molecular flexibility index (Phi) is 9.95. The summed E-state index contributed by atoms with van der Waals surface area (Å²) in [6.45, 7) is 4.50. The van der Waals surface area contributed by atoms with Gasteiger partial charge in [-0.25, -0.2) is 18.7 Å². The highest BCUT2D eigenvalue weighted by molar-refractivity contribution is 5.89. The van der Waals surface area contributed by atoms with Crippen molar-refractivity contribution >= 4 is 40.3 Å². The van der Waals surface area contributed by atoms with E-state index in [2.05, 4.69) is 10.6 Å². The summed E-state index contributed by atoms with van der Waals surface area (Å²) in [7, 11) is 1.64. The number of rotatable bonds is 12. The van der Waals surface area contributed by atoms with Crippen LogP contribution in [0.2, 0.25) is 0 Å². The average Bonchev–Trinajstić information content (AvgIpc) is 3.82. The summed E-state index contributed by atoms with van der Waals surface area (Å²) in [4.78, 5) is 51.3. The number of aliphatic hydroxyl groups is 2. The maximum atomic E-state index is 14.5. The van der Waals surface area contributed by atoms with Gasteiger partial charge in [0.05, 0.1) is 52.9 Å². The summed E-state index contributed by atoms with van der Waals surface area (Å²) in [6.07, 6.45) is 0.404. The number of fused-ring (bicyclic) bond motifs is 2. The maximum absolute atomic E-state index is 14.5. The predicted octanol–water partition coefficient (Wildman–Crippen LogP) is 1.63. The summed E-state index contributed by atoms with van der Waals surface area (Å²) in [5.41, 5.74) is 1.81. The van der Waals surface area contributed by atoms with E-state index < -0.39 is 35.9 Å². The molecule has 13 nitrogen and oxygen atoms in total. The van der Waals surface area contributed by atoms with Crippen molar-refractivity contribution < 1.29 is 33.4 Å². The number of carbonyl (C=O) groups excluding carboxylic acids is 3. The highest BCUT2D eigenvalue weighted by Crippen LogP contribution is 2.33. The molecule has 2 aliphatic rings. The Morgan fingerprint density at radius 2 is 1.49 bits per heavy atom. The van der Waals surface area contributed by atoms with Gasteiger partial charge in [-0.1, -0.05) is 20.3 Å². The molecule has 4 N–H and O–H groups in total. The van der Waals surface area contributed by atoms with Crippen LogP contribution >= 0.6 is 0 Å². The molecular formula is C34H42F2N8O5. The minimum absolute atomic E-state index is 0.0442. The lowest BCUT2D eigenvalue weighted by Crippen LogP contribution is -2.54. The number of imidazole rings is 2. The molecule has 0 aliphatic carbocycles. The molecule has 4 aromatic rings. The molecule has 6 unspecified atom stereocenters. The molecular weight excluding hydrogens is 638 g/mol. The van der Waals surface area contributed by atoms with Crippen molar-refractivity contribution in [3.63, 3.8) is 0 Å². The van der Waals surface area contributed by atoms with Crippen molar-refractivity contribution in [3.05, 3.63) is 48.0 Å². The first kappa shape index (κ1) is 34.4. The molecule has 0 bridgehead atoms. The van der Waals surface area contributed by atoms with Crippen molar-refractivity contribution in [2.75, 3.05) is 26.7 Å². The third kappa shape index (κ3) is 6.87. The molecule has 6 rings (SSSR count). The second-order valence-electron chi connectivity index (χ2n) is 13.2. The fourth-order valence-electron chi connectivity index (χ4n) is 7.15. The third-order valence-corrected chi connectivity index (χ3v) is 9.79. The van der Waals surface area contributed by atoms with Gasteiger partial charge in [0.25, 0.3) is 0 Å². The van der Waals surface area contributed by atoms with Gasteiger partial charge in [-0.05, 0) is 50.1 Å². The Labute approximate surface area is 281 Å². The van der Waals surface area contributed by atoms with Crippen molar-refractivity contribution in [1.29, 1.82) is 0 Å². The zero-order valence-electron chi connectivity index (χ0n) is 27.7. The Bertz CT molecular complexity index is 1860. The number of nitrogens with zero attached hydrogens (tertiary/aromatic N) is 6. The molecule has 3 amide bonds. The molecule has 0 radical (unpaired) electrons. The van der Waals surface area contributed by atoms with E-state index in [-0.39, 0.29) is 62.9 Å². The Morgan fingerprint density at radius 1 is 0.939 bits per heavy atom. The minimum atomic E-state index is -0.814. The number of aromatic nitrogens is 4. The van der Waals surface area contributed by atoms with Gasteiger partial charge in [0.1, 0.15) is 17.7 Å². The monoisotopic (exact) mass is 680 g/mol. The highest BCUT2D eigenvalue weighted by atomic mass is 19.1. The summed E-state index contributed by atoms with van der Waals surface area (Å²) in [6, 6.07) is 6.69. The number of amides is 3. The van der Waals surface area contributed by atoms with Crippen molar-refractivity contribution in [1.82, 2.24) is 39.5 Å². The molecule has 0 saturated carbocycles. The van der Waals surface area contributed by atoms with Gasteiger partial charge in [0, 0.05) is 38.3 Å². The van der Waals surface area contributed by atoms with Gasteiger partial charge in [0.15, 0.2) is 11.6 Å². The normalized spacial score (nSPS) is 22.3. The molecule has 49 heavy (non-hydrogen) atoms. The van der Waals surface area contributed by atoms with E-state index in [1.54, 1.807) is 24.1 Å². The van der Waals surface area contributed by atoms with Crippen LogP contribution in [-0.4, -0.2) is 114 Å². The molecule has 2 saturated heterocycles. The predicted molar refractivity (Wildman–Crippen MR) is 177 cm³/mol. The van der Waals surface area contributed by atoms with Crippen LogP contribution in [0.15, 0.2) is 36.4 Å². The zero-order valence-corrected chi connectivity index (χ0v) is 27.7. The van der Waals surface area contributed by atoms with E-state index in [9.17, 15) is 33.4 Å². The van der Waals surface area contributed by atoms with Gasteiger partial charge in [-0.15, -0.1) is 0 Å². The summed E-state index contributed by atoms with van der Waals surface area (Å²) >= 11 is 0. The van der Waals surface area contributed by atoms with Crippen LogP contribution in [0.3, 0.4) is 0 Å². The lowest BCUT2D eigenvalue weighted by Gasteiger charge is -2.32. The van der Waals surface area contributed by atoms with Crippen LogP contribution in [0.5, 0.6) is 0 Å². The van der Waals surface area contributed by atoms with Crippen molar-refractivity contribution in [2.45, 2.75) is 76.5 Å². The fraction of sp³-hybridized carbons (Fsp3) is 0.500. The average molecular weight is 681 g/mol. The van der Waals surface area contributed by atoms with Gasteiger partial charge < -0.3 is 39.8 Å². The van der Waals surface area contributed by atoms with E-state index in [1.165, 1.54) is 29.2 Å². The number of benzene rings is 2. The first-order valence-corrected chi connectivity index (χ1v) is 16.6. The number of halogens is 2. The smallest absolute Gasteiger partial charge is 0.245 e. The molecule has 4 heterocycles. The second kappa shape index (κ2) is 14.2. The number of hydrogen-bond acceptors (Lipinski definition) is 8. The van der Waals surface area contributed by atoms with Crippen molar-refractivity contribution in [3.8, 4) is 11.6 Å². The molecule has 15 heteroatoms. The van der Waals surface area contributed by atoms with Gasteiger partial charge in [-0.3, -0.25) is 14.4 Å². The van der Waals surface area contributed by atoms with Crippen LogP contribution in [0.1, 0.15) is 33.1 Å². The van der Waals surface area contributed by atoms with Gasteiger partial charge in [-0.2, -0.15) is 0 Å². The first-order chi connectivity index (χ1) is 23.5. The largest absolute Gasteiger partial charge is 0.391 e. The topological polar surface area (TPSA) is 158 Å². The number of carbonyl (C=O) groups is 3. The van der Waals surface area contributed by atoms with E-state index >= 15 is 0 Å².